The van der Waals surface area contributed by atoms with Crippen LogP contribution in [0, 0.1) is 5.92 Å². The average molecular weight is 370 g/mol. The summed E-state index contributed by atoms with van der Waals surface area (Å²) in [6, 6.07) is 13.3. The molecule has 4 rings (SSSR count). The van der Waals surface area contributed by atoms with Crippen LogP contribution in [0.1, 0.15) is 16.8 Å². The van der Waals surface area contributed by atoms with Gasteiger partial charge in [0.05, 0.1) is 17.1 Å². The van der Waals surface area contributed by atoms with Crippen molar-refractivity contribution < 1.29 is 9.53 Å². The summed E-state index contributed by atoms with van der Waals surface area (Å²) in [6.07, 6.45) is 1.01. The fourth-order valence-corrected chi connectivity index (χ4v) is 3.59. The van der Waals surface area contributed by atoms with Crippen LogP contribution in [0.4, 0.5) is 0 Å². The number of halogens is 1. The number of amides is 1. The van der Waals surface area contributed by atoms with Crippen LogP contribution in [0.3, 0.4) is 0 Å². The highest BCUT2D eigenvalue weighted by Gasteiger charge is 2.17. The second kappa shape index (κ2) is 7.09. The number of hydrogen-bond acceptors (Lipinski definition) is 3. The molecule has 1 fully saturated rings. The highest BCUT2D eigenvalue weighted by Crippen LogP contribution is 2.33. The lowest BCUT2D eigenvalue weighted by Gasteiger charge is -2.09. The Balaban J connectivity index is 1.55. The van der Waals surface area contributed by atoms with Crippen molar-refractivity contribution in [2.24, 2.45) is 13.0 Å². The molecule has 0 aliphatic carbocycles. The van der Waals surface area contributed by atoms with Crippen molar-refractivity contribution in [1.29, 1.82) is 0 Å². The quantitative estimate of drug-likeness (QED) is 0.763. The maximum absolute atomic E-state index is 12.3. The largest absolute Gasteiger partial charge is 0.381 e. The van der Waals surface area contributed by atoms with Crippen LogP contribution in [0.5, 0.6) is 0 Å². The van der Waals surface area contributed by atoms with Crippen LogP contribution in [-0.4, -0.2) is 35.4 Å². The maximum Gasteiger partial charge on any atom is 0.251 e. The minimum absolute atomic E-state index is 0.0626. The summed E-state index contributed by atoms with van der Waals surface area (Å²) in [5.41, 5.74) is 3.37. The number of benzene rings is 2. The molecule has 2 aromatic carbocycles. The Bertz CT molecular complexity index is 944. The first kappa shape index (κ1) is 17.1. The molecule has 1 N–H and O–H groups in total. The predicted octanol–water partition coefficient (Wildman–Crippen LogP) is 3.66. The molecular formula is C20H20ClN3O2. The summed E-state index contributed by atoms with van der Waals surface area (Å²) in [4.78, 5) is 12.3. The van der Waals surface area contributed by atoms with Crippen LogP contribution in [0.2, 0.25) is 5.02 Å². The van der Waals surface area contributed by atoms with Gasteiger partial charge in [-0.25, -0.2) is 0 Å². The van der Waals surface area contributed by atoms with Crippen LogP contribution in [0.25, 0.3) is 22.2 Å². The topological polar surface area (TPSA) is 56.2 Å². The molecule has 2 heterocycles. The molecular weight excluding hydrogens is 350 g/mol. The van der Waals surface area contributed by atoms with E-state index in [2.05, 4.69) is 10.4 Å². The van der Waals surface area contributed by atoms with E-state index in [1.807, 2.05) is 54.2 Å². The molecule has 1 atom stereocenters. The molecule has 1 aromatic heterocycles. The van der Waals surface area contributed by atoms with Crippen molar-refractivity contribution in [2.45, 2.75) is 6.42 Å². The van der Waals surface area contributed by atoms with Gasteiger partial charge in [0.25, 0.3) is 5.91 Å². The molecule has 0 spiro atoms. The number of rotatable bonds is 4. The molecule has 134 valence electrons. The van der Waals surface area contributed by atoms with E-state index in [1.54, 1.807) is 0 Å². The van der Waals surface area contributed by atoms with Gasteiger partial charge in [0.1, 0.15) is 5.69 Å². The Morgan fingerprint density at radius 2 is 2.12 bits per heavy atom. The number of fused-ring (bicyclic) bond motifs is 1. The van der Waals surface area contributed by atoms with E-state index in [1.165, 1.54) is 0 Å². The summed E-state index contributed by atoms with van der Waals surface area (Å²) < 4.78 is 7.16. The van der Waals surface area contributed by atoms with E-state index >= 15 is 0 Å². The van der Waals surface area contributed by atoms with Crippen molar-refractivity contribution in [2.75, 3.05) is 19.8 Å². The van der Waals surface area contributed by atoms with E-state index in [-0.39, 0.29) is 5.91 Å². The van der Waals surface area contributed by atoms with Gasteiger partial charge in [-0.3, -0.25) is 9.48 Å². The highest BCUT2D eigenvalue weighted by atomic mass is 35.5. The van der Waals surface area contributed by atoms with Crippen LogP contribution < -0.4 is 5.32 Å². The summed E-state index contributed by atoms with van der Waals surface area (Å²) in [7, 11) is 1.90. The van der Waals surface area contributed by atoms with E-state index in [0.717, 1.165) is 41.8 Å². The minimum Gasteiger partial charge on any atom is -0.381 e. The smallest absolute Gasteiger partial charge is 0.251 e. The summed E-state index contributed by atoms with van der Waals surface area (Å²) in [6.45, 7) is 2.17. The number of carbonyl (C=O) groups excluding carboxylic acids is 1. The van der Waals surface area contributed by atoms with Gasteiger partial charge in [-0.15, -0.1) is 0 Å². The lowest BCUT2D eigenvalue weighted by Crippen LogP contribution is -2.29. The van der Waals surface area contributed by atoms with Gasteiger partial charge in [0, 0.05) is 42.6 Å². The lowest BCUT2D eigenvalue weighted by atomic mass is 10.0. The maximum atomic E-state index is 12.3. The van der Waals surface area contributed by atoms with Crippen LogP contribution >= 0.6 is 11.6 Å². The average Bonchev–Trinajstić information content (AvgIpc) is 3.29. The van der Waals surface area contributed by atoms with Gasteiger partial charge in [-0.1, -0.05) is 29.8 Å². The monoisotopic (exact) mass is 369 g/mol. The summed E-state index contributed by atoms with van der Waals surface area (Å²) in [5, 5.41) is 9.18. The Morgan fingerprint density at radius 3 is 2.85 bits per heavy atom. The zero-order chi connectivity index (χ0) is 18.1. The van der Waals surface area contributed by atoms with Crippen LogP contribution in [0.15, 0.2) is 42.5 Å². The molecule has 1 saturated heterocycles. The zero-order valence-corrected chi connectivity index (χ0v) is 15.3. The molecule has 1 aliphatic heterocycles. The van der Waals surface area contributed by atoms with E-state index in [4.69, 9.17) is 16.3 Å². The zero-order valence-electron chi connectivity index (χ0n) is 14.5. The Kier molecular flexibility index (Phi) is 4.66. The second-order valence-corrected chi connectivity index (χ2v) is 7.03. The third-order valence-electron chi connectivity index (χ3n) is 4.82. The molecule has 1 aliphatic rings. The highest BCUT2D eigenvalue weighted by molar-refractivity contribution is 6.36. The minimum atomic E-state index is -0.0626. The first-order valence-electron chi connectivity index (χ1n) is 8.71. The van der Waals surface area contributed by atoms with Crippen molar-refractivity contribution in [3.63, 3.8) is 0 Å². The van der Waals surface area contributed by atoms with Gasteiger partial charge in [-0.05, 0) is 30.7 Å². The van der Waals surface area contributed by atoms with Crippen molar-refractivity contribution in [3.05, 3.63) is 53.1 Å². The number of ether oxygens (including phenoxy) is 1. The third-order valence-corrected chi connectivity index (χ3v) is 5.14. The third kappa shape index (κ3) is 3.20. The molecule has 0 bridgehead atoms. The van der Waals surface area contributed by atoms with E-state index < -0.39 is 0 Å². The summed E-state index contributed by atoms with van der Waals surface area (Å²) >= 11 is 6.38. The standard InChI is InChI=1S/C20H20ClN3O2/c1-24-17-4-2-3-16(21)18(17)19(23-24)14-5-7-15(8-6-14)20(25)22-11-13-9-10-26-12-13/h2-8,13H,9-12H2,1H3,(H,22,25)/t13-/m1/s1. The Morgan fingerprint density at radius 1 is 1.31 bits per heavy atom. The van der Waals surface area contributed by atoms with Gasteiger partial charge in [0.15, 0.2) is 0 Å². The van der Waals surface area contributed by atoms with Gasteiger partial charge >= 0.3 is 0 Å². The predicted molar refractivity (Wildman–Crippen MR) is 102 cm³/mol. The number of nitrogens with zero attached hydrogens (tertiary/aromatic N) is 2. The number of nitrogens with one attached hydrogen (secondary N) is 1. The molecule has 1 amide bonds. The van der Waals surface area contributed by atoms with Crippen molar-refractivity contribution in [3.8, 4) is 11.3 Å². The molecule has 0 unspecified atom stereocenters. The molecule has 0 saturated carbocycles. The van der Waals surface area contributed by atoms with Gasteiger partial charge in [-0.2, -0.15) is 5.10 Å². The van der Waals surface area contributed by atoms with E-state index in [9.17, 15) is 4.79 Å². The first-order chi connectivity index (χ1) is 12.6. The summed E-state index contributed by atoms with van der Waals surface area (Å²) in [5.74, 6) is 0.354. The first-order valence-corrected chi connectivity index (χ1v) is 9.09. The number of hydrogen-bond donors (Lipinski definition) is 1. The normalized spacial score (nSPS) is 16.9. The number of aromatic nitrogens is 2. The van der Waals surface area contributed by atoms with Crippen LogP contribution in [-0.2, 0) is 11.8 Å². The molecule has 26 heavy (non-hydrogen) atoms. The molecule has 3 aromatic rings. The van der Waals surface area contributed by atoms with Gasteiger partial charge < -0.3 is 10.1 Å². The molecule has 0 radical (unpaired) electrons. The Labute approximate surface area is 156 Å². The van der Waals surface area contributed by atoms with Crippen molar-refractivity contribution >= 4 is 28.4 Å². The second-order valence-electron chi connectivity index (χ2n) is 6.62. The number of aryl methyl sites for hydroxylation is 1. The SMILES string of the molecule is Cn1nc(-c2ccc(C(=O)NC[C@H]3CCOC3)cc2)c2c(Cl)cccc21. The number of carbonyl (C=O) groups is 1. The fourth-order valence-electron chi connectivity index (χ4n) is 3.34. The lowest BCUT2D eigenvalue weighted by molar-refractivity contribution is 0.0945. The molecule has 5 nitrogen and oxygen atoms in total. The fraction of sp³-hybridized carbons (Fsp3) is 0.300. The van der Waals surface area contributed by atoms with E-state index in [0.29, 0.717) is 23.0 Å². The van der Waals surface area contributed by atoms with Crippen molar-refractivity contribution in [1.82, 2.24) is 15.1 Å². The van der Waals surface area contributed by atoms with Gasteiger partial charge in [0.2, 0.25) is 0 Å². The Hall–Kier alpha value is -2.37. The molecule has 6 heteroatoms.